The number of fused-ring (bicyclic) bond motifs is 1. The maximum Gasteiger partial charge on any atom is 0.337 e. The highest BCUT2D eigenvalue weighted by Crippen LogP contribution is 2.39. The molecular weight excluding hydrogens is 681 g/mol. The summed E-state index contributed by atoms with van der Waals surface area (Å²) in [6.45, 7) is 0.462. The number of anilines is 2. The number of carbonyl (C=O) groups is 1. The lowest BCUT2D eigenvalue weighted by Gasteiger charge is -2.18. The largest absolute Gasteiger partial charge is 0.337 e. The average Bonchev–Trinajstić information content (AvgIpc) is 3.51. The Bertz CT molecular complexity index is 2460. The van der Waals surface area contributed by atoms with E-state index in [0.717, 1.165) is 27.8 Å². The molecule has 52 heavy (non-hydrogen) atoms. The normalized spacial score (nSPS) is 11.2. The number of thiophene rings is 1. The third kappa shape index (κ3) is 7.18. The van der Waals surface area contributed by atoms with Gasteiger partial charge in [-0.3, -0.25) is 14.3 Å². The fourth-order valence-corrected chi connectivity index (χ4v) is 7.48. The third-order valence-corrected chi connectivity index (χ3v) is 9.93. The topological polar surface area (TPSA) is 88.4 Å². The van der Waals surface area contributed by atoms with Gasteiger partial charge in [-0.2, -0.15) is 0 Å². The van der Waals surface area contributed by atoms with E-state index in [1.165, 1.54) is 22.0 Å². The molecule has 2 heterocycles. The van der Waals surface area contributed by atoms with E-state index in [9.17, 15) is 14.4 Å². The number of rotatable bonds is 10. The van der Waals surface area contributed by atoms with Crippen molar-refractivity contribution in [2.75, 3.05) is 17.7 Å². The molecule has 5 aromatic carbocycles. The predicted octanol–water partition coefficient (Wildman–Crippen LogP) is 8.48. The van der Waals surface area contributed by atoms with E-state index < -0.39 is 35.5 Å². The van der Waals surface area contributed by atoms with Crippen LogP contribution in [0.4, 0.5) is 25.0 Å². The van der Waals surface area contributed by atoms with Crippen LogP contribution in [0, 0.1) is 11.6 Å². The lowest BCUT2D eigenvalue weighted by molar-refractivity contribution is 0.262. The summed E-state index contributed by atoms with van der Waals surface area (Å²) in [5.41, 5.74) is 2.47. The van der Waals surface area contributed by atoms with Gasteiger partial charge in [-0.05, 0) is 72.3 Å². The van der Waals surface area contributed by atoms with E-state index >= 15 is 8.78 Å². The van der Waals surface area contributed by atoms with Gasteiger partial charge in [-0.1, -0.05) is 84.9 Å². The van der Waals surface area contributed by atoms with Gasteiger partial charge < -0.3 is 10.6 Å². The molecule has 7 rings (SSSR count). The summed E-state index contributed by atoms with van der Waals surface area (Å²) in [6, 6.07) is 37.8. The van der Waals surface area contributed by atoms with Gasteiger partial charge in [0.15, 0.2) is 0 Å². The summed E-state index contributed by atoms with van der Waals surface area (Å²) < 4.78 is 32.5. The Morgan fingerprint density at radius 2 is 1.27 bits per heavy atom. The van der Waals surface area contributed by atoms with Crippen molar-refractivity contribution in [3.63, 3.8) is 0 Å². The monoisotopic (exact) mass is 713 g/mol. The van der Waals surface area contributed by atoms with E-state index in [0.29, 0.717) is 45.4 Å². The molecule has 0 bridgehead atoms. The zero-order chi connectivity index (χ0) is 36.2. The van der Waals surface area contributed by atoms with Crippen molar-refractivity contribution < 1.29 is 13.6 Å². The number of nitrogens with zero attached hydrogens (tertiary/aromatic N) is 3. The third-order valence-electron chi connectivity index (χ3n) is 8.63. The van der Waals surface area contributed by atoms with Gasteiger partial charge in [-0.15, -0.1) is 11.3 Å². The van der Waals surface area contributed by atoms with Gasteiger partial charge in [0.05, 0.1) is 17.6 Å². The standard InChI is InChI=1S/C41H33F2N5O3S/c1-46(24-27-12-5-2-6-13-27)25-33-36-38(49)48(31-16-9-4-10-17-31)41(51)47(26-32-34(42)18-11-19-35(32)43)39(36)52-37(33)28-20-22-30(23-21-28)45-40(50)44-29-14-7-3-8-15-29/h2-23H,24-26H2,1H3,(H2,44,45,50). The van der Waals surface area contributed by atoms with Crippen molar-refractivity contribution in [1.82, 2.24) is 14.0 Å². The molecule has 260 valence electrons. The second-order valence-corrected chi connectivity index (χ2v) is 13.3. The maximum absolute atomic E-state index is 15.1. The second-order valence-electron chi connectivity index (χ2n) is 12.3. The maximum atomic E-state index is 15.1. The Hall–Kier alpha value is -6.17. The molecule has 2 amide bonds. The first-order valence-corrected chi connectivity index (χ1v) is 17.3. The van der Waals surface area contributed by atoms with Crippen molar-refractivity contribution in [3.8, 4) is 16.1 Å². The Morgan fingerprint density at radius 3 is 1.90 bits per heavy atom. The average molecular weight is 714 g/mol. The number of para-hydroxylation sites is 2. The molecule has 11 heteroatoms. The lowest BCUT2D eigenvalue weighted by atomic mass is 10.1. The number of hydrogen-bond donors (Lipinski definition) is 2. The van der Waals surface area contributed by atoms with Gasteiger partial charge >= 0.3 is 11.7 Å². The fraction of sp³-hybridized carbons (Fsp3) is 0.0976. The van der Waals surface area contributed by atoms with Crippen molar-refractivity contribution in [3.05, 3.63) is 183 Å². The molecule has 0 saturated heterocycles. The van der Waals surface area contributed by atoms with Crippen LogP contribution in [0.15, 0.2) is 143 Å². The summed E-state index contributed by atoms with van der Waals surface area (Å²) in [5.74, 6) is -1.59. The van der Waals surface area contributed by atoms with Gasteiger partial charge in [0.2, 0.25) is 0 Å². The Kier molecular flexibility index (Phi) is 9.88. The molecule has 2 aromatic heterocycles. The molecule has 0 radical (unpaired) electrons. The minimum absolute atomic E-state index is 0.282. The zero-order valence-electron chi connectivity index (χ0n) is 28.1. The van der Waals surface area contributed by atoms with Crippen LogP contribution in [0.3, 0.4) is 0 Å². The minimum Gasteiger partial charge on any atom is -0.308 e. The highest BCUT2D eigenvalue weighted by molar-refractivity contribution is 7.22. The number of nitrogens with one attached hydrogen (secondary N) is 2. The number of urea groups is 1. The van der Waals surface area contributed by atoms with Crippen LogP contribution in [0.2, 0.25) is 0 Å². The minimum atomic E-state index is -0.795. The molecule has 0 spiro atoms. The summed E-state index contributed by atoms with van der Waals surface area (Å²) in [4.78, 5) is 44.6. The Balaban J connectivity index is 1.38. The molecule has 7 aromatic rings. The molecule has 0 atom stereocenters. The number of aromatic nitrogens is 2. The highest BCUT2D eigenvalue weighted by atomic mass is 32.1. The number of benzene rings is 5. The molecule has 0 saturated carbocycles. The zero-order valence-corrected chi connectivity index (χ0v) is 28.9. The Labute approximate surface area is 301 Å². The number of halogens is 2. The van der Waals surface area contributed by atoms with Gasteiger partial charge in [0, 0.05) is 34.9 Å². The van der Waals surface area contributed by atoms with Crippen LogP contribution in [-0.4, -0.2) is 27.1 Å². The first-order valence-electron chi connectivity index (χ1n) is 16.5. The van der Waals surface area contributed by atoms with Gasteiger partial charge in [0.25, 0.3) is 5.56 Å². The molecule has 0 fully saturated rings. The molecule has 0 aliphatic heterocycles. The summed E-state index contributed by atoms with van der Waals surface area (Å²) in [6.07, 6.45) is 0. The van der Waals surface area contributed by atoms with E-state index in [1.807, 2.05) is 67.7 Å². The Morgan fingerprint density at radius 1 is 0.692 bits per heavy atom. The molecule has 8 nitrogen and oxygen atoms in total. The number of carbonyl (C=O) groups excluding carboxylic acids is 1. The molecule has 0 unspecified atom stereocenters. The lowest BCUT2D eigenvalue weighted by Crippen LogP contribution is -2.39. The van der Waals surface area contributed by atoms with Gasteiger partial charge in [-0.25, -0.2) is 22.9 Å². The van der Waals surface area contributed by atoms with E-state index in [4.69, 9.17) is 0 Å². The van der Waals surface area contributed by atoms with Crippen LogP contribution < -0.4 is 21.9 Å². The van der Waals surface area contributed by atoms with Crippen LogP contribution >= 0.6 is 11.3 Å². The van der Waals surface area contributed by atoms with E-state index in [-0.39, 0.29) is 10.9 Å². The summed E-state index contributed by atoms with van der Waals surface area (Å²) in [7, 11) is 1.94. The van der Waals surface area contributed by atoms with Crippen LogP contribution in [0.5, 0.6) is 0 Å². The summed E-state index contributed by atoms with van der Waals surface area (Å²) >= 11 is 1.22. The van der Waals surface area contributed by atoms with Gasteiger partial charge in [0.1, 0.15) is 16.5 Å². The smallest absolute Gasteiger partial charge is 0.308 e. The first-order chi connectivity index (χ1) is 25.3. The van der Waals surface area contributed by atoms with Crippen LogP contribution in [0.25, 0.3) is 26.3 Å². The second kappa shape index (κ2) is 15.0. The van der Waals surface area contributed by atoms with Crippen LogP contribution in [0.1, 0.15) is 16.7 Å². The molecule has 0 aliphatic carbocycles. The number of amides is 2. The van der Waals surface area contributed by atoms with E-state index in [2.05, 4.69) is 15.5 Å². The number of hydrogen-bond acceptors (Lipinski definition) is 5. The fourth-order valence-electron chi connectivity index (χ4n) is 6.18. The predicted molar refractivity (Wildman–Crippen MR) is 203 cm³/mol. The van der Waals surface area contributed by atoms with Crippen molar-refractivity contribution in [2.24, 2.45) is 0 Å². The van der Waals surface area contributed by atoms with Crippen molar-refractivity contribution in [1.29, 1.82) is 0 Å². The quantitative estimate of drug-likeness (QED) is 0.149. The highest BCUT2D eigenvalue weighted by Gasteiger charge is 2.26. The van der Waals surface area contributed by atoms with Crippen molar-refractivity contribution in [2.45, 2.75) is 19.6 Å². The molecule has 2 N–H and O–H groups in total. The summed E-state index contributed by atoms with van der Waals surface area (Å²) in [5, 5.41) is 5.91. The SMILES string of the molecule is CN(Cc1ccccc1)Cc1c(-c2ccc(NC(=O)Nc3ccccc3)cc2)sc2c1c(=O)n(-c1ccccc1)c(=O)n2Cc1c(F)cccc1F. The molecular formula is C41H33F2N5O3S. The van der Waals surface area contributed by atoms with E-state index in [1.54, 1.807) is 54.6 Å². The van der Waals surface area contributed by atoms with Crippen LogP contribution in [-0.2, 0) is 19.6 Å². The van der Waals surface area contributed by atoms with Crippen molar-refractivity contribution >= 4 is 39.0 Å². The molecule has 0 aliphatic rings. The first kappa shape index (κ1) is 34.3.